The Kier molecular flexibility index (Phi) is 9.18. The molecule has 3 rings (SSSR count). The van der Waals surface area contributed by atoms with Crippen molar-refractivity contribution < 1.29 is 14.3 Å². The van der Waals surface area contributed by atoms with Gasteiger partial charge in [-0.15, -0.1) is 0 Å². The molecule has 1 aromatic carbocycles. The number of nitrogens with zero attached hydrogens (tertiary/aromatic N) is 4. The number of piperazine rings is 1. The summed E-state index contributed by atoms with van der Waals surface area (Å²) in [6, 6.07) is 5.52. The van der Waals surface area contributed by atoms with E-state index in [1.807, 2.05) is 44.6 Å². The Morgan fingerprint density at radius 2 is 2.06 bits per heavy atom. The summed E-state index contributed by atoms with van der Waals surface area (Å²) in [6.07, 6.45) is 4.49. The number of imidazole rings is 1. The molecule has 1 aliphatic heterocycles. The minimum absolute atomic E-state index is 0.121. The molecule has 0 unspecified atom stereocenters. The number of aromatic nitrogens is 2. The van der Waals surface area contributed by atoms with Gasteiger partial charge in [0.2, 0.25) is 0 Å². The molecule has 0 atom stereocenters. The quantitative estimate of drug-likeness (QED) is 0.517. The zero-order valence-electron chi connectivity index (χ0n) is 19.5. The van der Waals surface area contributed by atoms with E-state index in [4.69, 9.17) is 9.47 Å². The van der Waals surface area contributed by atoms with E-state index in [1.165, 1.54) is 0 Å². The van der Waals surface area contributed by atoms with Crippen molar-refractivity contribution in [3.05, 3.63) is 36.4 Å². The fourth-order valence-corrected chi connectivity index (χ4v) is 3.77. The van der Waals surface area contributed by atoms with Gasteiger partial charge in [0.1, 0.15) is 6.61 Å². The van der Waals surface area contributed by atoms with E-state index in [0.29, 0.717) is 31.2 Å². The topological polar surface area (TPSA) is 83.9 Å². The Morgan fingerprint density at radius 3 is 2.75 bits per heavy atom. The van der Waals surface area contributed by atoms with Gasteiger partial charge in [-0.3, -0.25) is 9.80 Å². The molecule has 1 aliphatic rings. The SMILES string of the molecule is CCN(C(=O)NCCCn1cncc1C)c1ccc(OCCN2CCNCC2)c(OC)c1. The molecule has 1 aromatic heterocycles. The van der Waals surface area contributed by atoms with Gasteiger partial charge in [0, 0.05) is 76.0 Å². The van der Waals surface area contributed by atoms with Crippen molar-refractivity contribution in [2.45, 2.75) is 26.8 Å². The molecule has 2 heterocycles. The maximum absolute atomic E-state index is 12.7. The summed E-state index contributed by atoms with van der Waals surface area (Å²) in [6.45, 7) is 11.6. The van der Waals surface area contributed by atoms with E-state index in [9.17, 15) is 4.79 Å². The van der Waals surface area contributed by atoms with Gasteiger partial charge in [0.25, 0.3) is 0 Å². The Hall–Kier alpha value is -2.78. The van der Waals surface area contributed by atoms with Crippen LogP contribution in [0.5, 0.6) is 11.5 Å². The Balaban J connectivity index is 1.51. The summed E-state index contributed by atoms with van der Waals surface area (Å²) in [5.74, 6) is 1.32. The van der Waals surface area contributed by atoms with E-state index >= 15 is 0 Å². The number of ether oxygens (including phenoxy) is 2. The monoisotopic (exact) mass is 444 g/mol. The van der Waals surface area contributed by atoms with Crippen LogP contribution in [0.4, 0.5) is 10.5 Å². The number of carbonyl (C=O) groups is 1. The van der Waals surface area contributed by atoms with Gasteiger partial charge in [-0.05, 0) is 32.4 Å². The van der Waals surface area contributed by atoms with Crippen LogP contribution in [-0.2, 0) is 6.54 Å². The molecule has 2 N–H and O–H groups in total. The molecule has 32 heavy (non-hydrogen) atoms. The van der Waals surface area contributed by atoms with Gasteiger partial charge < -0.3 is 24.7 Å². The number of carbonyl (C=O) groups excluding carboxylic acids is 1. The highest BCUT2D eigenvalue weighted by molar-refractivity contribution is 5.92. The van der Waals surface area contributed by atoms with Gasteiger partial charge in [-0.1, -0.05) is 0 Å². The number of anilines is 1. The summed E-state index contributed by atoms with van der Waals surface area (Å²) in [7, 11) is 1.62. The molecule has 9 nitrogen and oxygen atoms in total. The standard InChI is InChI=1S/C23H36N6O3/c1-4-29(23(30)26-8-5-11-28-18-25-17-19(28)2)20-6-7-21(22(16-20)31-3)32-15-14-27-12-9-24-10-13-27/h6-7,16-18,24H,4-5,8-15H2,1-3H3,(H,26,30). The van der Waals surface area contributed by atoms with Crippen LogP contribution in [0.25, 0.3) is 0 Å². The van der Waals surface area contributed by atoms with E-state index in [-0.39, 0.29) is 6.03 Å². The second-order valence-electron chi connectivity index (χ2n) is 7.83. The third-order valence-electron chi connectivity index (χ3n) is 5.67. The Bertz CT molecular complexity index is 850. The summed E-state index contributed by atoms with van der Waals surface area (Å²) < 4.78 is 13.6. The average Bonchev–Trinajstić information content (AvgIpc) is 3.23. The summed E-state index contributed by atoms with van der Waals surface area (Å²) in [4.78, 5) is 21.0. The Labute approximate surface area is 190 Å². The minimum atomic E-state index is -0.121. The number of benzene rings is 1. The highest BCUT2D eigenvalue weighted by Gasteiger charge is 2.16. The fourth-order valence-electron chi connectivity index (χ4n) is 3.77. The molecule has 0 radical (unpaired) electrons. The number of hydrogen-bond donors (Lipinski definition) is 2. The highest BCUT2D eigenvalue weighted by Crippen LogP contribution is 2.32. The first-order chi connectivity index (χ1) is 15.6. The third kappa shape index (κ3) is 6.61. The smallest absolute Gasteiger partial charge is 0.321 e. The van der Waals surface area contributed by atoms with Gasteiger partial charge in [0.15, 0.2) is 11.5 Å². The van der Waals surface area contributed by atoms with Crippen molar-refractivity contribution in [3.8, 4) is 11.5 Å². The zero-order valence-corrected chi connectivity index (χ0v) is 19.5. The molecule has 0 saturated carbocycles. The molecule has 0 bridgehead atoms. The first-order valence-corrected chi connectivity index (χ1v) is 11.4. The molecule has 1 saturated heterocycles. The van der Waals surface area contributed by atoms with Crippen molar-refractivity contribution in [1.29, 1.82) is 0 Å². The summed E-state index contributed by atoms with van der Waals surface area (Å²) in [5, 5.41) is 6.36. The maximum atomic E-state index is 12.7. The molecule has 2 amide bonds. The first-order valence-electron chi connectivity index (χ1n) is 11.4. The van der Waals surface area contributed by atoms with Crippen molar-refractivity contribution in [1.82, 2.24) is 25.1 Å². The predicted molar refractivity (Wildman–Crippen MR) is 126 cm³/mol. The second kappa shape index (κ2) is 12.3. The number of nitrogens with one attached hydrogen (secondary N) is 2. The second-order valence-corrected chi connectivity index (χ2v) is 7.83. The average molecular weight is 445 g/mol. The van der Waals surface area contributed by atoms with E-state index in [2.05, 4.69) is 25.1 Å². The summed E-state index contributed by atoms with van der Waals surface area (Å²) in [5.41, 5.74) is 1.90. The van der Waals surface area contributed by atoms with Crippen LogP contribution in [-0.4, -0.2) is 80.0 Å². The van der Waals surface area contributed by atoms with Crippen LogP contribution >= 0.6 is 0 Å². The number of rotatable bonds is 11. The molecular formula is C23H36N6O3. The summed E-state index contributed by atoms with van der Waals surface area (Å²) >= 11 is 0. The van der Waals surface area contributed by atoms with E-state index in [0.717, 1.165) is 57.1 Å². The number of hydrogen-bond acceptors (Lipinski definition) is 6. The largest absolute Gasteiger partial charge is 0.493 e. The molecular weight excluding hydrogens is 408 g/mol. The molecule has 9 heteroatoms. The molecule has 0 spiro atoms. The number of aryl methyl sites for hydroxylation is 2. The van der Waals surface area contributed by atoms with Crippen LogP contribution < -0.4 is 25.0 Å². The van der Waals surface area contributed by atoms with Crippen LogP contribution in [0.2, 0.25) is 0 Å². The predicted octanol–water partition coefficient (Wildman–Crippen LogP) is 2.11. The van der Waals surface area contributed by atoms with Crippen molar-refractivity contribution in [3.63, 3.8) is 0 Å². The fraction of sp³-hybridized carbons (Fsp3) is 0.565. The lowest BCUT2D eigenvalue weighted by molar-refractivity contribution is 0.188. The Morgan fingerprint density at radius 1 is 1.25 bits per heavy atom. The van der Waals surface area contributed by atoms with Gasteiger partial charge in [-0.25, -0.2) is 9.78 Å². The molecule has 1 fully saturated rings. The molecule has 2 aromatic rings. The zero-order chi connectivity index (χ0) is 22.8. The lowest BCUT2D eigenvalue weighted by Crippen LogP contribution is -2.44. The van der Waals surface area contributed by atoms with Crippen molar-refractivity contribution >= 4 is 11.7 Å². The van der Waals surface area contributed by atoms with Gasteiger partial charge in [0.05, 0.1) is 13.4 Å². The van der Waals surface area contributed by atoms with Gasteiger partial charge in [-0.2, -0.15) is 0 Å². The number of methoxy groups -OCH3 is 1. The number of amides is 2. The van der Waals surface area contributed by atoms with Crippen LogP contribution in [0.1, 0.15) is 19.0 Å². The lowest BCUT2D eigenvalue weighted by atomic mass is 10.2. The van der Waals surface area contributed by atoms with E-state index < -0.39 is 0 Å². The van der Waals surface area contributed by atoms with Crippen molar-refractivity contribution in [2.24, 2.45) is 0 Å². The van der Waals surface area contributed by atoms with Crippen molar-refractivity contribution in [2.75, 3.05) is 64.4 Å². The normalized spacial score (nSPS) is 14.2. The molecule has 0 aliphatic carbocycles. The first kappa shape index (κ1) is 23.9. The highest BCUT2D eigenvalue weighted by atomic mass is 16.5. The minimum Gasteiger partial charge on any atom is -0.493 e. The molecule has 176 valence electrons. The van der Waals surface area contributed by atoms with Crippen LogP contribution in [0.3, 0.4) is 0 Å². The third-order valence-corrected chi connectivity index (χ3v) is 5.67. The maximum Gasteiger partial charge on any atom is 0.321 e. The van der Waals surface area contributed by atoms with Crippen LogP contribution in [0.15, 0.2) is 30.7 Å². The van der Waals surface area contributed by atoms with Gasteiger partial charge >= 0.3 is 6.03 Å². The number of urea groups is 1. The van der Waals surface area contributed by atoms with E-state index in [1.54, 1.807) is 12.0 Å². The lowest BCUT2D eigenvalue weighted by Gasteiger charge is -2.27. The van der Waals surface area contributed by atoms with Crippen LogP contribution in [0, 0.1) is 6.92 Å².